The number of nitrogens with zero attached hydrogens (tertiary/aromatic N) is 4. The number of aromatic nitrogens is 3. The van der Waals surface area contributed by atoms with Crippen LogP contribution >= 0.6 is 0 Å². The van der Waals surface area contributed by atoms with E-state index in [4.69, 9.17) is 0 Å². The fourth-order valence-electron chi connectivity index (χ4n) is 2.79. The first kappa shape index (κ1) is 21.0. The number of imidazole rings is 1. The highest BCUT2D eigenvalue weighted by atomic mass is 19.4. The van der Waals surface area contributed by atoms with Crippen molar-refractivity contribution in [1.82, 2.24) is 19.9 Å². The summed E-state index contributed by atoms with van der Waals surface area (Å²) >= 11 is 0. The van der Waals surface area contributed by atoms with E-state index in [9.17, 15) is 28.1 Å². The number of carbonyl (C=O) groups is 1. The maximum absolute atomic E-state index is 12.4. The van der Waals surface area contributed by atoms with Gasteiger partial charge in [-0.1, -0.05) is 12.1 Å². The van der Waals surface area contributed by atoms with Crippen LogP contribution in [0.15, 0.2) is 42.9 Å². The molecular weight excluding hydrogens is 407 g/mol. The summed E-state index contributed by atoms with van der Waals surface area (Å²) < 4.78 is 42.4. The molecule has 3 aromatic rings. The molecule has 1 amide bonds. The van der Waals surface area contributed by atoms with Crippen LogP contribution in [0.1, 0.15) is 18.5 Å². The van der Waals surface area contributed by atoms with Crippen LogP contribution in [0.5, 0.6) is 5.88 Å². The van der Waals surface area contributed by atoms with Gasteiger partial charge in [0.25, 0.3) is 5.69 Å². The number of hydrogen-bond acceptors (Lipinski definition) is 6. The minimum absolute atomic E-state index is 0.163. The Balaban J connectivity index is 1.65. The number of ether oxygens (including phenoxy) is 1. The number of halogens is 3. The van der Waals surface area contributed by atoms with Crippen molar-refractivity contribution in [2.45, 2.75) is 25.7 Å². The average Bonchev–Trinajstić information content (AvgIpc) is 3.09. The molecule has 9 nitrogen and oxygen atoms in total. The SMILES string of the molecule is CC(NC(=O)Cn1cnc2cccc([N+](=O)[O-])c21)c1ccc(OCC(F)(F)F)nc1. The van der Waals surface area contributed by atoms with Gasteiger partial charge in [-0.2, -0.15) is 13.2 Å². The van der Waals surface area contributed by atoms with Crippen molar-refractivity contribution in [2.24, 2.45) is 0 Å². The Kier molecular flexibility index (Phi) is 5.85. The Hall–Kier alpha value is -3.70. The molecule has 0 aliphatic heterocycles. The number of benzene rings is 1. The summed E-state index contributed by atoms with van der Waals surface area (Å²) in [6.07, 6.45) is -1.82. The number of fused-ring (bicyclic) bond motifs is 1. The molecule has 30 heavy (non-hydrogen) atoms. The molecule has 1 N–H and O–H groups in total. The number of amides is 1. The van der Waals surface area contributed by atoms with Gasteiger partial charge in [-0.25, -0.2) is 9.97 Å². The normalized spacial score (nSPS) is 12.5. The average molecular weight is 423 g/mol. The lowest BCUT2D eigenvalue weighted by Crippen LogP contribution is -2.30. The van der Waals surface area contributed by atoms with Gasteiger partial charge in [0.05, 0.1) is 22.8 Å². The number of nitro benzene ring substituents is 1. The maximum atomic E-state index is 12.4. The number of carbonyl (C=O) groups excluding carboxylic acids is 1. The molecule has 1 unspecified atom stereocenters. The third-order valence-electron chi connectivity index (χ3n) is 4.15. The first-order valence-corrected chi connectivity index (χ1v) is 8.67. The second-order valence-electron chi connectivity index (χ2n) is 6.40. The van der Waals surface area contributed by atoms with E-state index in [1.807, 2.05) is 0 Å². The molecule has 0 saturated heterocycles. The van der Waals surface area contributed by atoms with E-state index in [0.29, 0.717) is 11.1 Å². The van der Waals surface area contributed by atoms with Crippen molar-refractivity contribution in [3.05, 3.63) is 58.5 Å². The largest absolute Gasteiger partial charge is 0.468 e. The molecule has 1 atom stereocenters. The lowest BCUT2D eigenvalue weighted by Gasteiger charge is -2.15. The van der Waals surface area contributed by atoms with Crippen LogP contribution in [0.25, 0.3) is 11.0 Å². The van der Waals surface area contributed by atoms with Crippen LogP contribution < -0.4 is 10.1 Å². The Morgan fingerprint density at radius 3 is 2.70 bits per heavy atom. The van der Waals surface area contributed by atoms with Gasteiger partial charge in [-0.3, -0.25) is 14.9 Å². The van der Waals surface area contributed by atoms with Crippen molar-refractivity contribution >= 4 is 22.6 Å². The fourth-order valence-corrected chi connectivity index (χ4v) is 2.79. The number of nitro groups is 1. The molecule has 12 heteroatoms. The predicted octanol–water partition coefficient (Wildman–Crippen LogP) is 3.16. The number of para-hydroxylation sites is 1. The molecule has 0 fully saturated rings. The highest BCUT2D eigenvalue weighted by molar-refractivity contribution is 5.87. The summed E-state index contributed by atoms with van der Waals surface area (Å²) in [5.41, 5.74) is 1.01. The van der Waals surface area contributed by atoms with Gasteiger partial charge in [-0.15, -0.1) is 0 Å². The van der Waals surface area contributed by atoms with Gasteiger partial charge in [0.15, 0.2) is 6.61 Å². The van der Waals surface area contributed by atoms with Crippen LogP contribution in [0.4, 0.5) is 18.9 Å². The molecule has 0 bridgehead atoms. The quantitative estimate of drug-likeness (QED) is 0.462. The van der Waals surface area contributed by atoms with E-state index in [0.717, 1.165) is 0 Å². The van der Waals surface area contributed by atoms with Gasteiger partial charge in [0.2, 0.25) is 11.8 Å². The second-order valence-corrected chi connectivity index (χ2v) is 6.40. The minimum atomic E-state index is -4.46. The van der Waals surface area contributed by atoms with Gasteiger partial charge < -0.3 is 14.6 Å². The third-order valence-corrected chi connectivity index (χ3v) is 4.15. The van der Waals surface area contributed by atoms with Crippen LogP contribution in [0.2, 0.25) is 0 Å². The molecule has 158 valence electrons. The van der Waals surface area contributed by atoms with Crippen molar-refractivity contribution < 1.29 is 27.6 Å². The number of alkyl halides is 3. The zero-order valence-electron chi connectivity index (χ0n) is 15.6. The number of pyridine rings is 1. The van der Waals surface area contributed by atoms with Crippen LogP contribution in [-0.2, 0) is 11.3 Å². The predicted molar refractivity (Wildman–Crippen MR) is 98.7 cm³/mol. The van der Waals surface area contributed by atoms with E-state index in [1.54, 1.807) is 13.0 Å². The van der Waals surface area contributed by atoms with E-state index < -0.39 is 29.7 Å². The first-order chi connectivity index (χ1) is 14.1. The van der Waals surface area contributed by atoms with E-state index >= 15 is 0 Å². The van der Waals surface area contributed by atoms with Gasteiger partial charge in [-0.05, 0) is 18.6 Å². The molecule has 3 rings (SSSR count). The molecule has 0 aliphatic carbocycles. The molecule has 0 spiro atoms. The van der Waals surface area contributed by atoms with Crippen LogP contribution in [0, 0.1) is 10.1 Å². The molecular formula is C18H16F3N5O4. The summed E-state index contributed by atoms with van der Waals surface area (Å²) in [4.78, 5) is 30.9. The third kappa shape index (κ3) is 5.01. The Morgan fingerprint density at radius 2 is 2.07 bits per heavy atom. The topological polar surface area (TPSA) is 112 Å². The van der Waals surface area contributed by atoms with Crippen LogP contribution in [-0.4, -0.2) is 38.1 Å². The maximum Gasteiger partial charge on any atom is 0.422 e. The minimum Gasteiger partial charge on any atom is -0.468 e. The van der Waals surface area contributed by atoms with Crippen molar-refractivity contribution in [3.8, 4) is 5.88 Å². The Labute approximate surface area is 167 Å². The number of hydrogen-bond donors (Lipinski definition) is 1. The summed E-state index contributed by atoms with van der Waals surface area (Å²) in [7, 11) is 0. The Morgan fingerprint density at radius 1 is 1.30 bits per heavy atom. The zero-order valence-corrected chi connectivity index (χ0v) is 15.6. The molecule has 2 aromatic heterocycles. The van der Waals surface area contributed by atoms with Crippen LogP contribution in [0.3, 0.4) is 0 Å². The van der Waals surface area contributed by atoms with E-state index in [-0.39, 0.29) is 23.6 Å². The highest BCUT2D eigenvalue weighted by Gasteiger charge is 2.28. The van der Waals surface area contributed by atoms with E-state index in [2.05, 4.69) is 20.0 Å². The standard InChI is InChI=1S/C18H16F3N5O4/c1-11(12-5-6-16(22-7-12)30-9-18(19,20)21)24-15(27)8-25-10-23-13-3-2-4-14(17(13)25)26(28)29/h2-7,10-11H,8-9H2,1H3,(H,24,27). The number of non-ortho nitro benzene ring substituents is 1. The van der Waals surface area contributed by atoms with Gasteiger partial charge >= 0.3 is 6.18 Å². The number of nitrogens with one attached hydrogen (secondary N) is 1. The van der Waals surface area contributed by atoms with Crippen molar-refractivity contribution in [3.63, 3.8) is 0 Å². The highest BCUT2D eigenvalue weighted by Crippen LogP contribution is 2.24. The molecule has 0 aliphatic rings. The summed E-state index contributed by atoms with van der Waals surface area (Å²) in [6.45, 7) is 0.0160. The van der Waals surface area contributed by atoms with Gasteiger partial charge in [0, 0.05) is 18.3 Å². The van der Waals surface area contributed by atoms with Crippen molar-refractivity contribution in [2.75, 3.05) is 6.61 Å². The second kappa shape index (κ2) is 8.35. The molecule has 0 radical (unpaired) electrons. The monoisotopic (exact) mass is 423 g/mol. The lowest BCUT2D eigenvalue weighted by atomic mass is 10.1. The smallest absolute Gasteiger partial charge is 0.422 e. The van der Waals surface area contributed by atoms with Gasteiger partial charge in [0.1, 0.15) is 12.1 Å². The zero-order chi connectivity index (χ0) is 21.9. The van der Waals surface area contributed by atoms with Crippen molar-refractivity contribution in [1.29, 1.82) is 0 Å². The lowest BCUT2D eigenvalue weighted by molar-refractivity contribution is -0.383. The molecule has 2 heterocycles. The summed E-state index contributed by atoms with van der Waals surface area (Å²) in [5.74, 6) is -0.621. The number of rotatable bonds is 7. The fraction of sp³-hybridized carbons (Fsp3) is 0.278. The summed E-state index contributed by atoms with van der Waals surface area (Å²) in [5, 5.41) is 13.9. The first-order valence-electron chi connectivity index (χ1n) is 8.67. The molecule has 0 saturated carbocycles. The Bertz CT molecular complexity index is 1070. The molecule has 1 aromatic carbocycles. The van der Waals surface area contributed by atoms with E-state index in [1.165, 1.54) is 41.4 Å². The summed E-state index contributed by atoms with van der Waals surface area (Å²) in [6, 6.07) is 6.70.